The van der Waals surface area contributed by atoms with Crippen molar-refractivity contribution in [3.05, 3.63) is 29.3 Å². The van der Waals surface area contributed by atoms with Crippen molar-refractivity contribution in [2.24, 2.45) is 0 Å². The summed E-state index contributed by atoms with van der Waals surface area (Å²) < 4.78 is 25.8. The fraction of sp³-hybridized carbons (Fsp3) is 0.385. The first-order valence-electron chi connectivity index (χ1n) is 6.47. The lowest BCUT2D eigenvalue weighted by atomic mass is 10.1. The van der Waals surface area contributed by atoms with Gasteiger partial charge in [-0.2, -0.15) is 11.8 Å². The lowest BCUT2D eigenvalue weighted by Crippen LogP contribution is -2.35. The summed E-state index contributed by atoms with van der Waals surface area (Å²) in [4.78, 5) is 23.0. The van der Waals surface area contributed by atoms with Gasteiger partial charge in [0.1, 0.15) is 4.90 Å². The second kappa shape index (κ2) is 5.03. The van der Waals surface area contributed by atoms with Crippen molar-refractivity contribution in [2.75, 3.05) is 12.3 Å². The minimum atomic E-state index is -3.93. The molecule has 1 aromatic carbocycles. The van der Waals surface area contributed by atoms with Crippen LogP contribution in [0.25, 0.3) is 0 Å². The van der Waals surface area contributed by atoms with E-state index in [2.05, 4.69) is 0 Å². The number of nitrogens with zero attached hydrogens (tertiary/aromatic N) is 1. The standard InChI is InChI=1S/C13H13NO5S2/c15-12-10-4-3-8(13(16)17)6-11(10)21(18,19)14(12)7-9-2-1-5-20-9/h3-4,6,9H,1-2,5,7H2,(H,16,17). The first-order valence-corrected chi connectivity index (χ1v) is 8.96. The molecule has 1 amide bonds. The summed E-state index contributed by atoms with van der Waals surface area (Å²) in [6.45, 7) is 0.156. The average molecular weight is 327 g/mol. The Hall–Kier alpha value is -1.54. The molecule has 2 aliphatic heterocycles. The topological polar surface area (TPSA) is 91.8 Å². The number of fused-ring (bicyclic) bond motifs is 1. The number of hydrogen-bond acceptors (Lipinski definition) is 5. The number of rotatable bonds is 3. The number of carboxylic acids is 1. The molecule has 112 valence electrons. The van der Waals surface area contributed by atoms with Gasteiger partial charge in [-0.25, -0.2) is 17.5 Å². The van der Waals surface area contributed by atoms with Gasteiger partial charge in [-0.3, -0.25) is 4.79 Å². The molecule has 2 heterocycles. The van der Waals surface area contributed by atoms with Crippen molar-refractivity contribution in [3.8, 4) is 0 Å². The number of benzene rings is 1. The van der Waals surface area contributed by atoms with Crippen molar-refractivity contribution in [1.82, 2.24) is 4.31 Å². The number of amides is 1. The van der Waals surface area contributed by atoms with Crippen LogP contribution in [0.15, 0.2) is 23.1 Å². The van der Waals surface area contributed by atoms with Crippen LogP contribution in [0.5, 0.6) is 0 Å². The normalized spacial score (nSPS) is 23.3. The zero-order chi connectivity index (χ0) is 15.2. The maximum atomic E-state index is 12.5. The lowest BCUT2D eigenvalue weighted by Gasteiger charge is -2.18. The first-order chi connectivity index (χ1) is 9.91. The third-order valence-corrected chi connectivity index (χ3v) is 6.82. The Kier molecular flexibility index (Phi) is 3.45. The molecule has 0 aliphatic carbocycles. The van der Waals surface area contributed by atoms with Gasteiger partial charge in [0, 0.05) is 11.8 Å². The number of sulfonamides is 1. The molecule has 1 aromatic rings. The maximum absolute atomic E-state index is 12.5. The van der Waals surface area contributed by atoms with E-state index in [4.69, 9.17) is 5.11 Å². The third kappa shape index (κ3) is 2.32. The van der Waals surface area contributed by atoms with Crippen LogP contribution in [-0.4, -0.2) is 47.3 Å². The molecule has 1 unspecified atom stereocenters. The molecule has 2 aliphatic rings. The van der Waals surface area contributed by atoms with Crippen LogP contribution in [0.4, 0.5) is 0 Å². The van der Waals surface area contributed by atoms with Crippen molar-refractivity contribution >= 4 is 33.7 Å². The quantitative estimate of drug-likeness (QED) is 0.903. The summed E-state index contributed by atoms with van der Waals surface area (Å²) in [7, 11) is -3.93. The molecule has 0 saturated carbocycles. The van der Waals surface area contributed by atoms with Gasteiger partial charge in [-0.15, -0.1) is 0 Å². The molecule has 1 N–H and O–H groups in total. The average Bonchev–Trinajstić information content (AvgIpc) is 3.01. The monoisotopic (exact) mass is 327 g/mol. The molecule has 0 spiro atoms. The van der Waals surface area contributed by atoms with E-state index >= 15 is 0 Å². The zero-order valence-corrected chi connectivity index (χ0v) is 12.6. The van der Waals surface area contributed by atoms with Crippen LogP contribution in [0.3, 0.4) is 0 Å². The smallest absolute Gasteiger partial charge is 0.335 e. The predicted molar refractivity (Wildman–Crippen MR) is 77.1 cm³/mol. The number of aromatic carboxylic acids is 1. The van der Waals surface area contributed by atoms with Gasteiger partial charge >= 0.3 is 5.97 Å². The fourth-order valence-corrected chi connectivity index (χ4v) is 5.55. The van der Waals surface area contributed by atoms with Gasteiger partial charge in [-0.05, 0) is 36.8 Å². The summed E-state index contributed by atoms with van der Waals surface area (Å²) >= 11 is 1.67. The van der Waals surface area contributed by atoms with Gasteiger partial charge in [0.05, 0.1) is 11.1 Å². The van der Waals surface area contributed by atoms with Crippen molar-refractivity contribution in [3.63, 3.8) is 0 Å². The van der Waals surface area contributed by atoms with E-state index in [0.29, 0.717) is 0 Å². The summed E-state index contributed by atoms with van der Waals surface area (Å²) in [6.07, 6.45) is 1.91. The highest BCUT2D eigenvalue weighted by molar-refractivity contribution is 8.00. The molecular weight excluding hydrogens is 314 g/mol. The van der Waals surface area contributed by atoms with E-state index < -0.39 is 21.9 Å². The van der Waals surface area contributed by atoms with Crippen LogP contribution in [-0.2, 0) is 10.0 Å². The molecule has 1 saturated heterocycles. The fourth-order valence-electron chi connectivity index (χ4n) is 2.56. The van der Waals surface area contributed by atoms with Gasteiger partial charge in [0.15, 0.2) is 0 Å². The second-order valence-electron chi connectivity index (χ2n) is 4.99. The van der Waals surface area contributed by atoms with Crippen LogP contribution >= 0.6 is 11.8 Å². The summed E-state index contributed by atoms with van der Waals surface area (Å²) in [5.41, 5.74) is -0.0785. The highest BCUT2D eigenvalue weighted by atomic mass is 32.2. The molecule has 1 fully saturated rings. The third-order valence-electron chi connectivity index (χ3n) is 3.65. The molecule has 0 aromatic heterocycles. The maximum Gasteiger partial charge on any atom is 0.335 e. The predicted octanol–water partition coefficient (Wildman–Crippen LogP) is 1.42. The van der Waals surface area contributed by atoms with Crippen molar-refractivity contribution in [2.45, 2.75) is 23.0 Å². The Labute approximate surface area is 126 Å². The minimum Gasteiger partial charge on any atom is -0.478 e. The van der Waals surface area contributed by atoms with E-state index in [1.807, 2.05) is 0 Å². The molecule has 1 atom stereocenters. The van der Waals surface area contributed by atoms with E-state index in [0.717, 1.165) is 29.0 Å². The Morgan fingerprint density at radius 1 is 1.43 bits per heavy atom. The molecule has 8 heteroatoms. The summed E-state index contributed by atoms with van der Waals surface area (Å²) in [5, 5.41) is 9.07. The van der Waals surface area contributed by atoms with Gasteiger partial charge in [-0.1, -0.05) is 0 Å². The summed E-state index contributed by atoms with van der Waals surface area (Å²) in [6, 6.07) is 3.59. The van der Waals surface area contributed by atoms with Crippen LogP contribution in [0.1, 0.15) is 33.6 Å². The van der Waals surface area contributed by atoms with Gasteiger partial charge < -0.3 is 5.11 Å². The molecule has 6 nitrogen and oxygen atoms in total. The van der Waals surface area contributed by atoms with Crippen molar-refractivity contribution < 1.29 is 23.1 Å². The van der Waals surface area contributed by atoms with Crippen molar-refractivity contribution in [1.29, 1.82) is 0 Å². The van der Waals surface area contributed by atoms with Gasteiger partial charge in [0.2, 0.25) is 0 Å². The molecular formula is C13H13NO5S2. The van der Waals surface area contributed by atoms with Crippen LogP contribution < -0.4 is 0 Å². The van der Waals surface area contributed by atoms with E-state index in [1.54, 1.807) is 11.8 Å². The van der Waals surface area contributed by atoms with Gasteiger partial charge in [0.25, 0.3) is 15.9 Å². The zero-order valence-electron chi connectivity index (χ0n) is 11.0. The number of carbonyl (C=O) groups is 2. The van der Waals surface area contributed by atoms with Crippen LogP contribution in [0.2, 0.25) is 0 Å². The van der Waals surface area contributed by atoms with E-state index in [-0.39, 0.29) is 27.8 Å². The molecule has 21 heavy (non-hydrogen) atoms. The Morgan fingerprint density at radius 2 is 2.19 bits per heavy atom. The number of hydrogen-bond donors (Lipinski definition) is 1. The minimum absolute atomic E-state index is 0.0583. The SMILES string of the molecule is O=C(O)c1ccc2c(c1)S(=O)(=O)N(CC1CCCS1)C2=O. The largest absolute Gasteiger partial charge is 0.478 e. The highest BCUT2D eigenvalue weighted by Gasteiger charge is 2.42. The Morgan fingerprint density at radius 3 is 2.81 bits per heavy atom. The first kappa shape index (κ1) is 14.4. The Bertz CT molecular complexity index is 722. The summed E-state index contributed by atoms with van der Waals surface area (Å²) in [5.74, 6) is -0.803. The number of carboxylic acid groups (broad SMARTS) is 1. The molecule has 3 rings (SSSR count). The Balaban J connectivity index is 1.99. The lowest BCUT2D eigenvalue weighted by molar-refractivity contribution is 0.0695. The molecule has 0 bridgehead atoms. The molecule has 0 radical (unpaired) electrons. The highest BCUT2D eigenvalue weighted by Crippen LogP contribution is 2.34. The number of thioether (sulfide) groups is 1. The van der Waals surface area contributed by atoms with E-state index in [9.17, 15) is 18.0 Å². The second-order valence-corrected chi connectivity index (χ2v) is 8.23. The van der Waals surface area contributed by atoms with E-state index in [1.165, 1.54) is 12.1 Å². The number of carbonyl (C=O) groups excluding carboxylic acids is 1. The van der Waals surface area contributed by atoms with Crippen LogP contribution in [0, 0.1) is 0 Å².